The Kier molecular flexibility index (Phi) is 6.02. The van der Waals surface area contributed by atoms with E-state index in [0.717, 1.165) is 24.4 Å². The van der Waals surface area contributed by atoms with E-state index < -0.39 is 62.1 Å². The van der Waals surface area contributed by atoms with Gasteiger partial charge in [0, 0.05) is 12.7 Å². The highest BCUT2D eigenvalue weighted by atomic mass is 32.2. The number of halogens is 6. The number of amides is 1. The Hall–Kier alpha value is -2.63. The minimum atomic E-state index is -4.67. The van der Waals surface area contributed by atoms with Gasteiger partial charge in [0.25, 0.3) is 5.91 Å². The average molecular weight is 426 g/mol. The average Bonchev–Trinajstić information content (AvgIpc) is 2.60. The van der Waals surface area contributed by atoms with E-state index in [0.29, 0.717) is 12.1 Å². The first kappa shape index (κ1) is 21.7. The first-order chi connectivity index (χ1) is 12.8. The van der Waals surface area contributed by atoms with Crippen molar-refractivity contribution in [3.8, 4) is 0 Å². The smallest absolute Gasteiger partial charge is 0.350 e. The molecular weight excluding hydrogens is 414 g/mol. The van der Waals surface area contributed by atoms with Gasteiger partial charge in [-0.25, -0.2) is 13.4 Å². The molecule has 1 amide bonds. The van der Waals surface area contributed by atoms with Gasteiger partial charge in [-0.2, -0.15) is 26.3 Å². The van der Waals surface area contributed by atoms with Gasteiger partial charge in [-0.3, -0.25) is 4.79 Å². The monoisotopic (exact) mass is 426 g/mol. The van der Waals surface area contributed by atoms with E-state index in [2.05, 4.69) is 4.98 Å². The van der Waals surface area contributed by atoms with Gasteiger partial charge in [0.2, 0.25) is 9.84 Å². The van der Waals surface area contributed by atoms with Crippen LogP contribution in [0.2, 0.25) is 0 Å². The van der Waals surface area contributed by atoms with Crippen LogP contribution in [-0.4, -0.2) is 32.0 Å². The normalized spacial score (nSPS) is 12.6. The Bertz CT molecular complexity index is 954. The van der Waals surface area contributed by atoms with Gasteiger partial charge in [-0.05, 0) is 36.4 Å². The van der Waals surface area contributed by atoms with Crippen LogP contribution >= 0.6 is 0 Å². The summed E-state index contributed by atoms with van der Waals surface area (Å²) in [7, 11) is -4.44. The van der Waals surface area contributed by atoms with Gasteiger partial charge < -0.3 is 5.32 Å². The number of nitrogens with one attached hydrogen (secondary N) is 1. The van der Waals surface area contributed by atoms with E-state index in [4.69, 9.17) is 0 Å². The highest BCUT2D eigenvalue weighted by molar-refractivity contribution is 7.91. The van der Waals surface area contributed by atoms with Crippen molar-refractivity contribution >= 4 is 15.7 Å². The number of nitrogens with zero attached hydrogens (tertiary/aromatic N) is 1. The molecule has 0 aliphatic rings. The van der Waals surface area contributed by atoms with E-state index in [1.54, 1.807) is 0 Å². The van der Waals surface area contributed by atoms with Crippen molar-refractivity contribution in [3.05, 3.63) is 53.9 Å². The zero-order valence-electron chi connectivity index (χ0n) is 13.8. The summed E-state index contributed by atoms with van der Waals surface area (Å²) in [5, 5.41) is 1.91. The summed E-state index contributed by atoms with van der Waals surface area (Å²) < 4.78 is 99.7. The summed E-state index contributed by atoms with van der Waals surface area (Å²) in [6.07, 6.45) is -9.45. The molecule has 0 saturated carbocycles. The van der Waals surface area contributed by atoms with Gasteiger partial charge >= 0.3 is 12.4 Å². The van der Waals surface area contributed by atoms with Crippen molar-refractivity contribution in [1.29, 1.82) is 0 Å². The number of hydrogen-bond donors (Lipinski definition) is 1. The third kappa shape index (κ3) is 5.21. The highest BCUT2D eigenvalue weighted by Gasteiger charge is 2.32. The number of hydrogen-bond acceptors (Lipinski definition) is 4. The van der Waals surface area contributed by atoms with Crippen molar-refractivity contribution in [3.63, 3.8) is 0 Å². The third-order valence-corrected chi connectivity index (χ3v) is 5.26. The van der Waals surface area contributed by atoms with Crippen LogP contribution < -0.4 is 5.32 Å². The molecule has 1 aromatic heterocycles. The molecule has 28 heavy (non-hydrogen) atoms. The van der Waals surface area contributed by atoms with Crippen molar-refractivity contribution in [1.82, 2.24) is 10.3 Å². The lowest BCUT2D eigenvalue weighted by Crippen LogP contribution is -2.29. The summed E-state index contributed by atoms with van der Waals surface area (Å²) in [6.45, 7) is -0.793. The van der Waals surface area contributed by atoms with Crippen molar-refractivity contribution in [2.24, 2.45) is 0 Å². The van der Waals surface area contributed by atoms with Crippen molar-refractivity contribution in [2.45, 2.75) is 28.6 Å². The Labute approximate surface area is 155 Å². The largest absolute Gasteiger partial charge is 0.416 e. The van der Waals surface area contributed by atoms with E-state index in [1.807, 2.05) is 5.32 Å². The van der Waals surface area contributed by atoms with Crippen LogP contribution in [0.4, 0.5) is 26.3 Å². The fraction of sp³-hybridized carbons (Fsp3) is 0.250. The Morgan fingerprint density at radius 3 is 2.14 bits per heavy atom. The van der Waals surface area contributed by atoms with Gasteiger partial charge in [-0.1, -0.05) is 0 Å². The second-order valence-corrected chi connectivity index (χ2v) is 7.41. The van der Waals surface area contributed by atoms with Gasteiger partial charge in [0.15, 0.2) is 0 Å². The van der Waals surface area contributed by atoms with Gasteiger partial charge in [-0.15, -0.1) is 0 Å². The molecular formula is C16H12F6N2O3S. The van der Waals surface area contributed by atoms with Gasteiger partial charge in [0.05, 0.1) is 16.9 Å². The summed E-state index contributed by atoms with van der Waals surface area (Å²) >= 11 is 0. The predicted octanol–water partition coefficient (Wildman–Crippen LogP) is 3.62. The minimum absolute atomic E-state index is 0.530. The third-order valence-electron chi connectivity index (χ3n) is 3.46. The number of carbonyl (C=O) groups is 1. The molecule has 0 spiro atoms. The number of benzene rings is 1. The molecule has 0 fully saturated rings. The number of carbonyl (C=O) groups excluding carboxylic acids is 1. The number of alkyl halides is 6. The number of sulfone groups is 1. The number of pyridine rings is 1. The quantitative estimate of drug-likeness (QED) is 0.742. The predicted molar refractivity (Wildman–Crippen MR) is 84.1 cm³/mol. The standard InChI is InChI=1S/C16H12F6N2O3S/c17-15(18,19)7-9-24-14(25)13-12(2-1-8-23-13)28(26,27)11-5-3-10(4-6-11)16(20,21)22/h1-6,8H,7,9H2,(H,24,25). The van der Waals surface area contributed by atoms with Crippen LogP contribution in [0.15, 0.2) is 52.4 Å². The van der Waals surface area contributed by atoms with Crippen LogP contribution in [-0.2, 0) is 16.0 Å². The summed E-state index contributed by atoms with van der Waals surface area (Å²) in [5.41, 5.74) is -1.73. The van der Waals surface area contributed by atoms with E-state index >= 15 is 0 Å². The molecule has 5 nitrogen and oxygen atoms in total. The maximum atomic E-state index is 12.7. The molecule has 12 heteroatoms. The summed E-state index contributed by atoms with van der Waals surface area (Å²) in [6, 6.07) is 4.72. The van der Waals surface area contributed by atoms with Gasteiger partial charge in [0.1, 0.15) is 10.6 Å². The molecule has 0 unspecified atom stereocenters. The fourth-order valence-corrected chi connectivity index (χ4v) is 3.54. The van der Waals surface area contributed by atoms with Crippen molar-refractivity contribution < 1.29 is 39.6 Å². The van der Waals surface area contributed by atoms with Crippen LogP contribution in [0.5, 0.6) is 0 Å². The molecule has 1 N–H and O–H groups in total. The van der Waals surface area contributed by atoms with Crippen LogP contribution in [0.25, 0.3) is 0 Å². The Morgan fingerprint density at radius 1 is 1.00 bits per heavy atom. The zero-order valence-corrected chi connectivity index (χ0v) is 14.6. The molecule has 1 heterocycles. The molecule has 2 aromatic rings. The lowest BCUT2D eigenvalue weighted by Gasteiger charge is -2.12. The maximum absolute atomic E-state index is 12.7. The number of rotatable bonds is 5. The molecule has 0 bridgehead atoms. The highest BCUT2D eigenvalue weighted by Crippen LogP contribution is 2.31. The lowest BCUT2D eigenvalue weighted by atomic mass is 10.2. The van der Waals surface area contributed by atoms with E-state index in [9.17, 15) is 39.6 Å². The molecule has 0 aliphatic carbocycles. The topological polar surface area (TPSA) is 76.1 Å². The Morgan fingerprint density at radius 2 is 1.61 bits per heavy atom. The van der Waals surface area contributed by atoms with Crippen LogP contribution in [0.3, 0.4) is 0 Å². The molecule has 1 aromatic carbocycles. The second-order valence-electron chi connectivity index (χ2n) is 5.50. The SMILES string of the molecule is O=C(NCCC(F)(F)F)c1ncccc1S(=O)(=O)c1ccc(C(F)(F)F)cc1. The van der Waals surface area contributed by atoms with Crippen LogP contribution in [0, 0.1) is 0 Å². The molecule has 0 radical (unpaired) electrons. The molecule has 0 atom stereocenters. The first-order valence-electron chi connectivity index (χ1n) is 7.55. The molecule has 2 rings (SSSR count). The molecule has 152 valence electrons. The zero-order chi connectivity index (χ0) is 21.2. The number of aromatic nitrogens is 1. The fourth-order valence-electron chi connectivity index (χ4n) is 2.13. The second kappa shape index (κ2) is 7.78. The van der Waals surface area contributed by atoms with E-state index in [-0.39, 0.29) is 0 Å². The van der Waals surface area contributed by atoms with Crippen molar-refractivity contribution in [2.75, 3.05) is 6.54 Å². The lowest BCUT2D eigenvalue weighted by molar-refractivity contribution is -0.137. The molecule has 0 aliphatic heterocycles. The Balaban J connectivity index is 2.33. The first-order valence-corrected chi connectivity index (χ1v) is 9.03. The van der Waals surface area contributed by atoms with Crippen LogP contribution in [0.1, 0.15) is 22.5 Å². The minimum Gasteiger partial charge on any atom is -0.350 e. The van der Waals surface area contributed by atoms with E-state index in [1.165, 1.54) is 6.07 Å². The maximum Gasteiger partial charge on any atom is 0.416 e. The summed E-state index contributed by atoms with van der Waals surface area (Å²) in [5.74, 6) is -1.16. The molecule has 0 saturated heterocycles. The summed E-state index contributed by atoms with van der Waals surface area (Å²) in [4.78, 5) is 14.5.